The molecule has 24 heavy (non-hydrogen) atoms. The number of hydrogen-bond donors (Lipinski definition) is 1. The van der Waals surface area contributed by atoms with Crippen LogP contribution in [0, 0.1) is 5.92 Å². The Balaban J connectivity index is 1.57. The van der Waals surface area contributed by atoms with Gasteiger partial charge in [-0.2, -0.15) is 0 Å². The quantitative estimate of drug-likeness (QED) is 0.833. The van der Waals surface area contributed by atoms with E-state index < -0.39 is 0 Å². The van der Waals surface area contributed by atoms with Crippen molar-refractivity contribution in [2.24, 2.45) is 5.92 Å². The lowest BCUT2D eigenvalue weighted by molar-refractivity contribution is 0.123. The lowest BCUT2D eigenvalue weighted by Gasteiger charge is -2.40. The van der Waals surface area contributed by atoms with Crippen LogP contribution < -0.4 is 5.32 Å². The van der Waals surface area contributed by atoms with E-state index in [2.05, 4.69) is 84.7 Å². The molecule has 2 unspecified atom stereocenters. The largest absolute Gasteiger partial charge is 0.307 e. The van der Waals surface area contributed by atoms with Crippen molar-refractivity contribution in [3.05, 3.63) is 71.8 Å². The monoisotopic (exact) mass is 322 g/mol. The van der Waals surface area contributed by atoms with Crippen LogP contribution in [0.1, 0.15) is 43.9 Å². The summed E-state index contributed by atoms with van der Waals surface area (Å²) in [7, 11) is 0. The van der Waals surface area contributed by atoms with E-state index in [1.807, 2.05) is 0 Å². The molecule has 0 radical (unpaired) electrons. The summed E-state index contributed by atoms with van der Waals surface area (Å²) in [6.07, 6.45) is 2.48. The fourth-order valence-corrected chi connectivity index (χ4v) is 3.88. The molecule has 2 heteroatoms. The topological polar surface area (TPSA) is 15.3 Å². The van der Waals surface area contributed by atoms with Crippen molar-refractivity contribution in [1.29, 1.82) is 0 Å². The summed E-state index contributed by atoms with van der Waals surface area (Å²) >= 11 is 0. The van der Waals surface area contributed by atoms with Gasteiger partial charge in [0.05, 0.1) is 0 Å². The zero-order chi connectivity index (χ0) is 16.8. The molecule has 128 valence electrons. The Labute approximate surface area is 146 Å². The van der Waals surface area contributed by atoms with E-state index in [0.29, 0.717) is 12.1 Å². The number of nitrogens with zero attached hydrogens (tertiary/aromatic N) is 1. The van der Waals surface area contributed by atoms with Gasteiger partial charge in [-0.1, -0.05) is 74.0 Å². The molecule has 0 saturated carbocycles. The van der Waals surface area contributed by atoms with Crippen LogP contribution in [0.2, 0.25) is 0 Å². The number of benzene rings is 2. The molecule has 1 fully saturated rings. The fraction of sp³-hybridized carbons (Fsp3) is 0.455. The smallest absolute Gasteiger partial charge is 0.0294 e. The number of hydrogen-bond acceptors (Lipinski definition) is 2. The van der Waals surface area contributed by atoms with Gasteiger partial charge >= 0.3 is 0 Å². The van der Waals surface area contributed by atoms with Crippen LogP contribution >= 0.6 is 0 Å². The second-order valence-corrected chi connectivity index (χ2v) is 7.08. The van der Waals surface area contributed by atoms with Crippen molar-refractivity contribution >= 4 is 0 Å². The molecule has 0 aromatic heterocycles. The Hall–Kier alpha value is -1.64. The molecule has 0 bridgehead atoms. The molecule has 1 N–H and O–H groups in total. The molecule has 0 aliphatic carbocycles. The molecule has 1 saturated heterocycles. The Morgan fingerprint density at radius 3 is 2.38 bits per heavy atom. The van der Waals surface area contributed by atoms with Gasteiger partial charge in [0.1, 0.15) is 0 Å². The first kappa shape index (κ1) is 17.2. The van der Waals surface area contributed by atoms with E-state index in [-0.39, 0.29) is 0 Å². The average molecular weight is 322 g/mol. The molecule has 3 rings (SSSR count). The minimum atomic E-state index is 0.422. The van der Waals surface area contributed by atoms with Gasteiger partial charge in [-0.15, -0.1) is 0 Å². The Bertz CT molecular complexity index is 596. The summed E-state index contributed by atoms with van der Waals surface area (Å²) in [4.78, 5) is 2.62. The molecule has 1 heterocycles. The first-order chi connectivity index (χ1) is 11.8. The molecule has 1 aliphatic heterocycles. The van der Waals surface area contributed by atoms with E-state index in [1.165, 1.54) is 37.1 Å². The molecule has 1 aliphatic rings. The van der Waals surface area contributed by atoms with Crippen molar-refractivity contribution in [2.45, 2.75) is 45.3 Å². The van der Waals surface area contributed by atoms with Crippen LogP contribution in [0.5, 0.6) is 0 Å². The summed E-state index contributed by atoms with van der Waals surface area (Å²) in [5.41, 5.74) is 2.82. The van der Waals surface area contributed by atoms with Gasteiger partial charge in [0, 0.05) is 25.2 Å². The maximum Gasteiger partial charge on any atom is 0.0294 e. The van der Waals surface area contributed by atoms with E-state index in [4.69, 9.17) is 0 Å². The lowest BCUT2D eigenvalue weighted by Crippen LogP contribution is -2.49. The standard InChI is InChI=1S/C22H30N2/c1-3-20-17-24(16-19-10-6-4-7-11-19)15-14-22(20)23-18(2)21-12-8-5-9-13-21/h4-13,18,20,22-23H,3,14-17H2,1-2H3/t18-,20?,22?/m1/s1. The fourth-order valence-electron chi connectivity index (χ4n) is 3.88. The number of rotatable bonds is 6. The molecule has 0 spiro atoms. The summed E-state index contributed by atoms with van der Waals surface area (Å²) in [6.45, 7) is 8.09. The maximum absolute atomic E-state index is 3.89. The van der Waals surface area contributed by atoms with Gasteiger partial charge in [-0.05, 0) is 36.9 Å². The Morgan fingerprint density at radius 1 is 1.04 bits per heavy atom. The van der Waals surface area contributed by atoms with Crippen LogP contribution in [-0.4, -0.2) is 24.0 Å². The molecule has 2 aromatic rings. The third kappa shape index (κ3) is 4.46. The van der Waals surface area contributed by atoms with Gasteiger partial charge < -0.3 is 5.32 Å². The SMILES string of the molecule is CCC1CN(Cc2ccccc2)CCC1N[C@H](C)c1ccccc1. The first-order valence-corrected chi connectivity index (χ1v) is 9.33. The van der Waals surface area contributed by atoms with Crippen molar-refractivity contribution < 1.29 is 0 Å². The average Bonchev–Trinajstić information content (AvgIpc) is 2.64. The van der Waals surface area contributed by atoms with Gasteiger partial charge in [-0.3, -0.25) is 4.90 Å². The van der Waals surface area contributed by atoms with Crippen LogP contribution in [0.4, 0.5) is 0 Å². The van der Waals surface area contributed by atoms with Crippen LogP contribution in [0.15, 0.2) is 60.7 Å². The van der Waals surface area contributed by atoms with E-state index in [0.717, 1.165) is 12.5 Å². The van der Waals surface area contributed by atoms with Crippen LogP contribution in [0.25, 0.3) is 0 Å². The number of likely N-dealkylation sites (tertiary alicyclic amines) is 1. The van der Waals surface area contributed by atoms with Gasteiger partial charge in [0.15, 0.2) is 0 Å². The zero-order valence-corrected chi connectivity index (χ0v) is 15.0. The van der Waals surface area contributed by atoms with Crippen LogP contribution in [-0.2, 0) is 6.54 Å². The summed E-state index contributed by atoms with van der Waals surface area (Å²) in [5, 5.41) is 3.89. The summed E-state index contributed by atoms with van der Waals surface area (Å²) < 4.78 is 0. The van der Waals surface area contributed by atoms with E-state index in [9.17, 15) is 0 Å². The number of piperidine rings is 1. The van der Waals surface area contributed by atoms with Crippen LogP contribution in [0.3, 0.4) is 0 Å². The molecule has 0 amide bonds. The van der Waals surface area contributed by atoms with Crippen molar-refractivity contribution in [3.63, 3.8) is 0 Å². The maximum atomic E-state index is 3.89. The highest BCUT2D eigenvalue weighted by Gasteiger charge is 2.28. The van der Waals surface area contributed by atoms with Crippen molar-refractivity contribution in [2.75, 3.05) is 13.1 Å². The third-order valence-corrected chi connectivity index (χ3v) is 5.36. The van der Waals surface area contributed by atoms with Crippen molar-refractivity contribution in [1.82, 2.24) is 10.2 Å². The minimum absolute atomic E-state index is 0.422. The summed E-state index contributed by atoms with van der Waals surface area (Å²) in [5.74, 6) is 0.730. The summed E-state index contributed by atoms with van der Waals surface area (Å²) in [6, 6.07) is 22.7. The normalized spacial score (nSPS) is 23.1. The lowest BCUT2D eigenvalue weighted by atomic mass is 9.88. The highest BCUT2D eigenvalue weighted by Crippen LogP contribution is 2.24. The predicted molar refractivity (Wildman–Crippen MR) is 102 cm³/mol. The highest BCUT2D eigenvalue weighted by molar-refractivity contribution is 5.18. The molecular weight excluding hydrogens is 292 g/mol. The van der Waals surface area contributed by atoms with E-state index in [1.54, 1.807) is 0 Å². The second-order valence-electron chi connectivity index (χ2n) is 7.08. The molecular formula is C22H30N2. The van der Waals surface area contributed by atoms with Gasteiger partial charge in [0.2, 0.25) is 0 Å². The molecule has 2 aromatic carbocycles. The predicted octanol–water partition coefficient (Wildman–Crippen LogP) is 4.64. The molecule has 2 nitrogen and oxygen atoms in total. The molecule has 3 atom stereocenters. The highest BCUT2D eigenvalue weighted by atomic mass is 15.1. The zero-order valence-electron chi connectivity index (χ0n) is 15.0. The first-order valence-electron chi connectivity index (χ1n) is 9.33. The van der Waals surface area contributed by atoms with Gasteiger partial charge in [-0.25, -0.2) is 0 Å². The third-order valence-electron chi connectivity index (χ3n) is 5.36. The Morgan fingerprint density at radius 2 is 1.71 bits per heavy atom. The Kier molecular flexibility index (Phi) is 6.06. The second kappa shape index (κ2) is 8.46. The van der Waals surface area contributed by atoms with E-state index >= 15 is 0 Å². The van der Waals surface area contributed by atoms with Crippen molar-refractivity contribution in [3.8, 4) is 0 Å². The van der Waals surface area contributed by atoms with Gasteiger partial charge in [0.25, 0.3) is 0 Å². The minimum Gasteiger partial charge on any atom is -0.307 e. The number of nitrogens with one attached hydrogen (secondary N) is 1.